The Morgan fingerprint density at radius 3 is 2.78 bits per heavy atom. The molecule has 1 aromatic rings. The fourth-order valence-electron chi connectivity index (χ4n) is 2.17. The average molecular weight is 270 g/mol. The zero-order chi connectivity index (χ0) is 13.4. The molecule has 18 heavy (non-hydrogen) atoms. The van der Waals surface area contributed by atoms with Crippen LogP contribution in [0.4, 0.5) is 10.1 Å². The van der Waals surface area contributed by atoms with Crippen molar-refractivity contribution in [3.63, 3.8) is 0 Å². The number of nitrogens with two attached hydrogens (primary N) is 1. The third-order valence-corrected chi connectivity index (χ3v) is 3.78. The molecule has 0 bridgehead atoms. The number of nitrogens with zero attached hydrogens (tertiary/aromatic N) is 1. The van der Waals surface area contributed by atoms with E-state index in [0.29, 0.717) is 12.6 Å². The van der Waals surface area contributed by atoms with Crippen LogP contribution in [0, 0.1) is 5.82 Å². The molecule has 0 aromatic heterocycles. The van der Waals surface area contributed by atoms with Crippen LogP contribution in [0.2, 0.25) is 0 Å². The molecule has 1 rings (SSSR count). The van der Waals surface area contributed by atoms with E-state index in [9.17, 15) is 4.39 Å². The quantitative estimate of drug-likeness (QED) is 0.736. The lowest BCUT2D eigenvalue weighted by atomic mass is 10.1. The summed E-state index contributed by atoms with van der Waals surface area (Å²) in [4.78, 5) is 2.20. The normalized spacial score (nSPS) is 12.4. The van der Waals surface area contributed by atoms with E-state index in [1.165, 1.54) is 6.07 Å². The number of thioether (sulfide) groups is 1. The highest BCUT2D eigenvalue weighted by atomic mass is 32.2. The van der Waals surface area contributed by atoms with Crippen molar-refractivity contribution in [2.45, 2.75) is 25.8 Å². The van der Waals surface area contributed by atoms with Crippen molar-refractivity contribution in [1.82, 2.24) is 0 Å². The highest BCUT2D eigenvalue weighted by Gasteiger charge is 2.16. The Balaban J connectivity index is 2.73. The molecule has 0 saturated heterocycles. The van der Waals surface area contributed by atoms with Gasteiger partial charge in [-0.25, -0.2) is 4.39 Å². The van der Waals surface area contributed by atoms with E-state index >= 15 is 0 Å². The number of rotatable bonds is 8. The summed E-state index contributed by atoms with van der Waals surface area (Å²) in [7, 11) is 0. The number of likely N-dealkylation sites (N-methyl/N-ethyl adjacent to an activating group) is 1. The molecule has 1 unspecified atom stereocenters. The van der Waals surface area contributed by atoms with Gasteiger partial charge in [-0.15, -0.1) is 0 Å². The smallest absolute Gasteiger partial charge is 0.125 e. The van der Waals surface area contributed by atoms with Gasteiger partial charge >= 0.3 is 0 Å². The number of benzene rings is 1. The zero-order valence-corrected chi connectivity index (χ0v) is 12.0. The maximum atomic E-state index is 13.3. The van der Waals surface area contributed by atoms with E-state index in [1.807, 2.05) is 17.8 Å². The van der Waals surface area contributed by atoms with Crippen molar-refractivity contribution in [3.8, 4) is 0 Å². The minimum Gasteiger partial charge on any atom is -0.367 e. The van der Waals surface area contributed by atoms with Gasteiger partial charge in [0.15, 0.2) is 0 Å². The van der Waals surface area contributed by atoms with E-state index in [0.717, 1.165) is 30.8 Å². The number of halogens is 1. The van der Waals surface area contributed by atoms with Crippen LogP contribution in [0.1, 0.15) is 19.8 Å². The standard InChI is InChI=1S/C14H23FN2S/c1-3-17(13-7-4-6-12(15)10-13)14(11-16)8-5-9-18-2/h4,6-7,10,14H,3,5,8-9,11,16H2,1-2H3. The highest BCUT2D eigenvalue weighted by molar-refractivity contribution is 7.98. The molecule has 0 amide bonds. The van der Waals surface area contributed by atoms with Crippen molar-refractivity contribution in [2.24, 2.45) is 5.73 Å². The Hall–Kier alpha value is -0.740. The second-order valence-electron chi connectivity index (χ2n) is 4.29. The van der Waals surface area contributed by atoms with Gasteiger partial charge in [0, 0.05) is 24.8 Å². The Morgan fingerprint density at radius 2 is 2.22 bits per heavy atom. The van der Waals surface area contributed by atoms with Crippen LogP contribution < -0.4 is 10.6 Å². The summed E-state index contributed by atoms with van der Waals surface area (Å²) in [6.45, 7) is 3.55. The Morgan fingerprint density at radius 1 is 1.44 bits per heavy atom. The molecule has 0 aliphatic carbocycles. The molecule has 0 aliphatic rings. The maximum Gasteiger partial charge on any atom is 0.125 e. The van der Waals surface area contributed by atoms with Gasteiger partial charge < -0.3 is 10.6 Å². The van der Waals surface area contributed by atoms with Gasteiger partial charge in [-0.1, -0.05) is 6.07 Å². The SMILES string of the molecule is CCN(c1cccc(F)c1)C(CN)CCCSC. The van der Waals surface area contributed by atoms with Crippen LogP contribution >= 0.6 is 11.8 Å². The summed E-state index contributed by atoms with van der Waals surface area (Å²) in [5.41, 5.74) is 6.79. The molecule has 0 fully saturated rings. The fourth-order valence-corrected chi connectivity index (χ4v) is 2.63. The monoisotopic (exact) mass is 270 g/mol. The first-order chi connectivity index (χ1) is 8.72. The van der Waals surface area contributed by atoms with Crippen LogP contribution in [-0.4, -0.2) is 31.1 Å². The molecule has 0 aliphatic heterocycles. The molecular formula is C14H23FN2S. The van der Waals surface area contributed by atoms with Gasteiger partial charge in [-0.2, -0.15) is 11.8 Å². The third-order valence-electron chi connectivity index (χ3n) is 3.08. The van der Waals surface area contributed by atoms with E-state index < -0.39 is 0 Å². The lowest BCUT2D eigenvalue weighted by Gasteiger charge is -2.32. The van der Waals surface area contributed by atoms with Crippen LogP contribution in [0.5, 0.6) is 0 Å². The maximum absolute atomic E-state index is 13.3. The summed E-state index contributed by atoms with van der Waals surface area (Å²) in [5, 5.41) is 0. The first kappa shape index (κ1) is 15.3. The van der Waals surface area contributed by atoms with E-state index in [1.54, 1.807) is 12.1 Å². The molecule has 0 radical (unpaired) electrons. The summed E-state index contributed by atoms with van der Waals surface area (Å²) >= 11 is 1.85. The predicted octanol–water partition coefficient (Wildman–Crippen LogP) is 3.12. The molecule has 0 spiro atoms. The summed E-state index contributed by atoms with van der Waals surface area (Å²) in [6, 6.07) is 7.06. The summed E-state index contributed by atoms with van der Waals surface area (Å²) < 4.78 is 13.3. The fraction of sp³-hybridized carbons (Fsp3) is 0.571. The predicted molar refractivity (Wildman–Crippen MR) is 79.9 cm³/mol. The first-order valence-corrected chi connectivity index (χ1v) is 7.83. The van der Waals surface area contributed by atoms with Crippen molar-refractivity contribution in [1.29, 1.82) is 0 Å². The zero-order valence-electron chi connectivity index (χ0n) is 11.2. The number of hydrogen-bond acceptors (Lipinski definition) is 3. The Labute approximate surface area is 114 Å². The van der Waals surface area contributed by atoms with Gasteiger partial charge in [0.2, 0.25) is 0 Å². The Bertz CT molecular complexity index is 346. The van der Waals surface area contributed by atoms with Gasteiger partial charge in [-0.05, 0) is 50.0 Å². The molecule has 2 nitrogen and oxygen atoms in total. The molecule has 4 heteroatoms. The molecule has 0 saturated carbocycles. The van der Waals surface area contributed by atoms with Crippen molar-refractivity contribution in [3.05, 3.63) is 30.1 Å². The van der Waals surface area contributed by atoms with Crippen molar-refractivity contribution < 1.29 is 4.39 Å². The largest absolute Gasteiger partial charge is 0.367 e. The second-order valence-corrected chi connectivity index (χ2v) is 5.28. The molecule has 102 valence electrons. The Kier molecular flexibility index (Phi) is 7.13. The topological polar surface area (TPSA) is 29.3 Å². The second kappa shape index (κ2) is 8.38. The molecule has 1 atom stereocenters. The molecule has 2 N–H and O–H groups in total. The van der Waals surface area contributed by atoms with Crippen molar-refractivity contribution in [2.75, 3.05) is 30.0 Å². The van der Waals surface area contributed by atoms with Gasteiger partial charge in [-0.3, -0.25) is 0 Å². The van der Waals surface area contributed by atoms with Crippen LogP contribution in [0.15, 0.2) is 24.3 Å². The van der Waals surface area contributed by atoms with Crippen molar-refractivity contribution >= 4 is 17.4 Å². The molecule has 0 heterocycles. The lowest BCUT2D eigenvalue weighted by Crippen LogP contribution is -2.40. The van der Waals surface area contributed by atoms with Crippen LogP contribution in [0.25, 0.3) is 0 Å². The summed E-state index contributed by atoms with van der Waals surface area (Å²) in [5.74, 6) is 0.961. The van der Waals surface area contributed by atoms with E-state index in [4.69, 9.17) is 5.73 Å². The summed E-state index contributed by atoms with van der Waals surface area (Å²) in [6.07, 6.45) is 4.32. The molecular weight excluding hydrogens is 247 g/mol. The van der Waals surface area contributed by atoms with E-state index in [2.05, 4.69) is 18.1 Å². The molecule has 1 aromatic carbocycles. The lowest BCUT2D eigenvalue weighted by molar-refractivity contribution is 0.557. The van der Waals surface area contributed by atoms with Crippen LogP contribution in [0.3, 0.4) is 0 Å². The number of hydrogen-bond donors (Lipinski definition) is 1. The van der Waals surface area contributed by atoms with Gasteiger partial charge in [0.05, 0.1) is 0 Å². The minimum atomic E-state index is -0.189. The van der Waals surface area contributed by atoms with Crippen LogP contribution in [-0.2, 0) is 0 Å². The first-order valence-electron chi connectivity index (χ1n) is 6.44. The van der Waals surface area contributed by atoms with Gasteiger partial charge in [0.1, 0.15) is 5.82 Å². The minimum absolute atomic E-state index is 0.189. The highest BCUT2D eigenvalue weighted by Crippen LogP contribution is 2.20. The van der Waals surface area contributed by atoms with Gasteiger partial charge in [0.25, 0.3) is 0 Å². The average Bonchev–Trinajstić information content (AvgIpc) is 2.38. The third kappa shape index (κ3) is 4.50. The van der Waals surface area contributed by atoms with E-state index in [-0.39, 0.29) is 5.82 Å². The number of anilines is 1.